The van der Waals surface area contributed by atoms with Gasteiger partial charge in [0.05, 0.1) is 16.8 Å². The highest BCUT2D eigenvalue weighted by atomic mass is 35.5. The third-order valence-corrected chi connectivity index (χ3v) is 2.81. The molecule has 0 spiro atoms. The van der Waals surface area contributed by atoms with Crippen molar-refractivity contribution in [2.24, 2.45) is 0 Å². The molecule has 4 nitrogen and oxygen atoms in total. The molecule has 2 atom stereocenters. The Hall–Kier alpha value is -0.880. The summed E-state index contributed by atoms with van der Waals surface area (Å²) >= 11 is 5.70. The molecule has 0 amide bonds. The molecule has 2 unspecified atom stereocenters. The van der Waals surface area contributed by atoms with E-state index in [9.17, 15) is 14.6 Å². The minimum absolute atomic E-state index is 0.0277. The van der Waals surface area contributed by atoms with Crippen LogP contribution in [0.2, 0.25) is 5.02 Å². The smallest absolute Gasteiger partial charge is 0.125 e. The Morgan fingerprint density at radius 3 is 2.71 bits per heavy atom. The monoisotopic (exact) mass is 262 g/mol. The number of rotatable bonds is 5. The first kappa shape index (κ1) is 14.2. The van der Waals surface area contributed by atoms with E-state index in [2.05, 4.69) is 5.32 Å². The minimum Gasteiger partial charge on any atom is -0.397 e. The Kier molecular flexibility index (Phi) is 5.14. The van der Waals surface area contributed by atoms with Crippen molar-refractivity contribution >= 4 is 17.3 Å². The number of hydrogen-bond donors (Lipinski definition) is 4. The largest absolute Gasteiger partial charge is 0.397 e. The fraction of sp³-hybridized carbons (Fsp3) is 0.455. The van der Waals surface area contributed by atoms with Crippen molar-refractivity contribution in [1.82, 2.24) is 5.32 Å². The van der Waals surface area contributed by atoms with Gasteiger partial charge in [0, 0.05) is 5.56 Å². The van der Waals surface area contributed by atoms with Crippen LogP contribution in [0.1, 0.15) is 18.1 Å². The van der Waals surface area contributed by atoms with Gasteiger partial charge in [0.2, 0.25) is 0 Å². The molecule has 0 aliphatic rings. The van der Waals surface area contributed by atoms with E-state index in [1.54, 1.807) is 7.05 Å². The van der Waals surface area contributed by atoms with Gasteiger partial charge in [-0.15, -0.1) is 0 Å². The predicted octanol–water partition coefficient (Wildman–Crippen LogP) is 1.07. The number of hydrogen-bond acceptors (Lipinski definition) is 4. The van der Waals surface area contributed by atoms with Crippen molar-refractivity contribution in [1.29, 1.82) is 0 Å². The lowest BCUT2D eigenvalue weighted by Crippen LogP contribution is -2.24. The zero-order valence-corrected chi connectivity index (χ0v) is 10.2. The summed E-state index contributed by atoms with van der Waals surface area (Å²) in [6.07, 6.45) is -1.95. The van der Waals surface area contributed by atoms with Crippen molar-refractivity contribution < 1.29 is 14.6 Å². The third-order valence-electron chi connectivity index (χ3n) is 2.50. The number of benzene rings is 1. The average Bonchev–Trinajstić information content (AvgIpc) is 2.29. The van der Waals surface area contributed by atoms with Gasteiger partial charge in [-0.05, 0) is 32.1 Å². The van der Waals surface area contributed by atoms with E-state index in [1.165, 1.54) is 0 Å². The van der Waals surface area contributed by atoms with Crippen molar-refractivity contribution in [2.45, 2.75) is 18.6 Å². The Morgan fingerprint density at radius 1 is 1.47 bits per heavy atom. The summed E-state index contributed by atoms with van der Waals surface area (Å²) in [5.41, 5.74) is 5.83. The van der Waals surface area contributed by atoms with Crippen molar-refractivity contribution in [3.8, 4) is 0 Å². The van der Waals surface area contributed by atoms with Crippen LogP contribution in [-0.2, 0) is 0 Å². The molecule has 0 saturated carbocycles. The van der Waals surface area contributed by atoms with Gasteiger partial charge in [-0.25, -0.2) is 4.39 Å². The second-order valence-corrected chi connectivity index (χ2v) is 4.20. The van der Waals surface area contributed by atoms with Gasteiger partial charge in [-0.2, -0.15) is 0 Å². The predicted molar refractivity (Wildman–Crippen MR) is 65.3 cm³/mol. The lowest BCUT2D eigenvalue weighted by Gasteiger charge is -2.20. The molecule has 0 heterocycles. The van der Waals surface area contributed by atoms with Crippen LogP contribution in [0.15, 0.2) is 12.1 Å². The van der Waals surface area contributed by atoms with E-state index in [4.69, 9.17) is 17.3 Å². The van der Waals surface area contributed by atoms with E-state index >= 15 is 0 Å². The zero-order chi connectivity index (χ0) is 13.0. The van der Waals surface area contributed by atoms with E-state index in [0.717, 1.165) is 12.1 Å². The molecule has 17 heavy (non-hydrogen) atoms. The summed E-state index contributed by atoms with van der Waals surface area (Å²) in [5, 5.41) is 22.4. The van der Waals surface area contributed by atoms with Gasteiger partial charge in [-0.1, -0.05) is 11.6 Å². The Labute approximate surface area is 104 Å². The van der Waals surface area contributed by atoms with Crippen LogP contribution >= 0.6 is 11.6 Å². The molecule has 1 aromatic rings. The molecule has 1 rings (SSSR count). The fourth-order valence-electron chi connectivity index (χ4n) is 1.51. The summed E-state index contributed by atoms with van der Waals surface area (Å²) < 4.78 is 13.1. The van der Waals surface area contributed by atoms with Gasteiger partial charge in [0.15, 0.2) is 0 Å². The quantitative estimate of drug-likeness (QED) is 0.599. The van der Waals surface area contributed by atoms with Gasteiger partial charge in [-0.3, -0.25) is 0 Å². The first-order valence-corrected chi connectivity index (χ1v) is 5.60. The summed E-state index contributed by atoms with van der Waals surface area (Å²) in [4.78, 5) is 0. The summed E-state index contributed by atoms with van der Waals surface area (Å²) in [6, 6.07) is 2.14. The first-order valence-electron chi connectivity index (χ1n) is 5.22. The summed E-state index contributed by atoms with van der Waals surface area (Å²) in [5.74, 6) is -0.598. The molecule has 0 saturated heterocycles. The van der Waals surface area contributed by atoms with Gasteiger partial charge in [0.1, 0.15) is 11.9 Å². The maximum Gasteiger partial charge on any atom is 0.125 e. The molecule has 5 N–H and O–H groups in total. The fourth-order valence-corrected chi connectivity index (χ4v) is 1.72. The van der Waals surface area contributed by atoms with Gasteiger partial charge < -0.3 is 21.3 Å². The number of aliphatic hydroxyl groups excluding tert-OH is 2. The molecule has 0 aliphatic heterocycles. The van der Waals surface area contributed by atoms with Crippen LogP contribution in [0.4, 0.5) is 10.1 Å². The number of anilines is 1. The highest BCUT2D eigenvalue weighted by molar-refractivity contribution is 6.33. The summed E-state index contributed by atoms with van der Waals surface area (Å²) in [6.45, 7) is 0.529. The Morgan fingerprint density at radius 2 is 2.12 bits per heavy atom. The number of nitrogens with two attached hydrogens (primary N) is 1. The van der Waals surface area contributed by atoms with Gasteiger partial charge in [0.25, 0.3) is 0 Å². The van der Waals surface area contributed by atoms with Crippen LogP contribution in [0.5, 0.6) is 0 Å². The van der Waals surface area contributed by atoms with E-state index < -0.39 is 18.0 Å². The Balaban J connectivity index is 2.91. The molecule has 0 bridgehead atoms. The third kappa shape index (κ3) is 3.54. The van der Waals surface area contributed by atoms with Crippen LogP contribution < -0.4 is 11.1 Å². The van der Waals surface area contributed by atoms with E-state index in [1.807, 2.05) is 0 Å². The highest BCUT2D eigenvalue weighted by Gasteiger charge is 2.22. The van der Waals surface area contributed by atoms with Crippen LogP contribution in [0.25, 0.3) is 0 Å². The normalized spacial score (nSPS) is 14.6. The second-order valence-electron chi connectivity index (χ2n) is 3.79. The number of nitrogens with one attached hydrogen (secondary N) is 1. The zero-order valence-electron chi connectivity index (χ0n) is 9.45. The lowest BCUT2D eigenvalue weighted by atomic mass is 10.0. The Bertz CT molecular complexity index is 390. The number of nitrogen functional groups attached to an aromatic ring is 1. The average molecular weight is 263 g/mol. The SMILES string of the molecule is CNCCC(O)C(O)c1cc(F)cc(Cl)c1N. The molecule has 0 aromatic heterocycles. The standard InChI is InChI=1S/C11H16ClFN2O2/c1-15-3-2-9(16)11(17)7-4-6(13)5-8(12)10(7)14/h4-5,9,11,15-17H,2-3,14H2,1H3. The van der Waals surface area contributed by atoms with Crippen LogP contribution in [0, 0.1) is 5.82 Å². The molecule has 96 valence electrons. The van der Waals surface area contributed by atoms with Crippen LogP contribution in [0.3, 0.4) is 0 Å². The molecular formula is C11H16ClFN2O2. The molecule has 0 aliphatic carbocycles. The van der Waals surface area contributed by atoms with Crippen molar-refractivity contribution in [3.63, 3.8) is 0 Å². The molecule has 1 aromatic carbocycles. The second kappa shape index (κ2) is 6.16. The van der Waals surface area contributed by atoms with Crippen molar-refractivity contribution in [3.05, 3.63) is 28.5 Å². The maximum atomic E-state index is 13.1. The lowest BCUT2D eigenvalue weighted by molar-refractivity contribution is 0.0143. The highest BCUT2D eigenvalue weighted by Crippen LogP contribution is 2.31. The molecule has 0 radical (unpaired) electrons. The molecular weight excluding hydrogens is 247 g/mol. The number of halogens is 2. The molecule has 6 heteroatoms. The van der Waals surface area contributed by atoms with Gasteiger partial charge >= 0.3 is 0 Å². The minimum atomic E-state index is -1.25. The van der Waals surface area contributed by atoms with Crippen LogP contribution in [-0.4, -0.2) is 29.9 Å². The maximum absolute atomic E-state index is 13.1. The molecule has 0 fully saturated rings. The number of aliphatic hydroxyl groups is 2. The first-order chi connectivity index (χ1) is 7.97. The van der Waals surface area contributed by atoms with Crippen molar-refractivity contribution in [2.75, 3.05) is 19.3 Å². The van der Waals surface area contributed by atoms with E-state index in [-0.39, 0.29) is 16.3 Å². The summed E-state index contributed by atoms with van der Waals surface area (Å²) in [7, 11) is 1.73. The van der Waals surface area contributed by atoms with E-state index in [0.29, 0.717) is 13.0 Å². The topological polar surface area (TPSA) is 78.5 Å².